The standard InChI is InChI=1S/4C24H24N4OS/c4*1-17(19-4-7-22-21(14-19)26-16-30-22)27-11-8-24(9-12-27)10-13-28(23(24)29)20-5-2-18(15-25)3-6-20/h4*2-7,14,16-17H,8-13H2,1H3/t4*17-/m1100/s1. The maximum atomic E-state index is 13.3. The summed E-state index contributed by atoms with van der Waals surface area (Å²) in [7, 11) is 0. The smallest absolute Gasteiger partial charge is 0.233 e. The van der Waals surface area contributed by atoms with Gasteiger partial charge in [0.05, 0.1) is 131 Å². The largest absolute Gasteiger partial charge is 0.312 e. The summed E-state index contributed by atoms with van der Waals surface area (Å²) in [6, 6.07) is 65.6. The third-order valence-electron chi connectivity index (χ3n) is 27.8. The lowest BCUT2D eigenvalue weighted by molar-refractivity contribution is -0.129. The van der Waals surface area contributed by atoms with E-state index in [2.05, 4.69) is 164 Å². The van der Waals surface area contributed by atoms with Crippen LogP contribution in [-0.4, -0.2) is 142 Å². The highest BCUT2D eigenvalue weighted by Crippen LogP contribution is 2.50. The molecule has 0 aliphatic carbocycles. The summed E-state index contributed by atoms with van der Waals surface area (Å²) in [5, 5.41) is 36.0. The fraction of sp³-hybridized carbons (Fsp3) is 0.375. The Morgan fingerprint density at radius 2 is 0.458 bits per heavy atom. The van der Waals surface area contributed by atoms with Gasteiger partial charge in [0.15, 0.2) is 0 Å². The maximum Gasteiger partial charge on any atom is 0.233 e. The first-order chi connectivity index (χ1) is 58.4. The zero-order chi connectivity index (χ0) is 82.9. The average Bonchev–Trinajstić information content (AvgIpc) is 1.61. The molecule has 20 rings (SSSR count). The molecule has 0 bridgehead atoms. The van der Waals surface area contributed by atoms with E-state index >= 15 is 0 Å². The molecule has 20 nitrogen and oxygen atoms in total. The number of carbonyl (C=O) groups is 4. The Morgan fingerprint density at radius 1 is 0.275 bits per heavy atom. The summed E-state index contributed by atoms with van der Waals surface area (Å²) in [4.78, 5) is 88.8. The van der Waals surface area contributed by atoms with Crippen LogP contribution in [0.2, 0.25) is 0 Å². The van der Waals surface area contributed by atoms with Crippen molar-refractivity contribution < 1.29 is 19.2 Å². The Labute approximate surface area is 716 Å². The van der Waals surface area contributed by atoms with E-state index in [0.29, 0.717) is 46.4 Å². The number of thiazole rings is 4. The van der Waals surface area contributed by atoms with Crippen LogP contribution in [0.3, 0.4) is 0 Å². The number of nitrogens with zero attached hydrogens (tertiary/aromatic N) is 16. The van der Waals surface area contributed by atoms with E-state index in [1.807, 2.05) is 90.2 Å². The van der Waals surface area contributed by atoms with E-state index in [4.69, 9.17) is 21.0 Å². The van der Waals surface area contributed by atoms with Crippen LogP contribution in [0, 0.1) is 67.0 Å². The second kappa shape index (κ2) is 34.6. The first kappa shape index (κ1) is 81.4. The normalized spacial score (nSPS) is 20.0. The first-order valence-corrected chi connectivity index (χ1v) is 45.5. The van der Waals surface area contributed by atoms with Crippen molar-refractivity contribution in [2.45, 2.75) is 129 Å². The van der Waals surface area contributed by atoms with Gasteiger partial charge >= 0.3 is 0 Å². The fourth-order valence-corrected chi connectivity index (χ4v) is 22.4. The molecule has 8 aliphatic heterocycles. The average molecular weight is 1670 g/mol. The number of piperidine rings is 4. The Hall–Kier alpha value is -11.0. The second-order valence-electron chi connectivity index (χ2n) is 33.7. The van der Waals surface area contributed by atoms with Gasteiger partial charge in [0.25, 0.3) is 0 Å². The lowest BCUT2D eigenvalue weighted by atomic mass is 9.76. The van der Waals surface area contributed by atoms with Crippen LogP contribution in [0.25, 0.3) is 40.9 Å². The van der Waals surface area contributed by atoms with Gasteiger partial charge in [0.1, 0.15) is 0 Å². The van der Waals surface area contributed by atoms with Gasteiger partial charge in [-0.25, -0.2) is 19.9 Å². The molecule has 12 heterocycles. The minimum absolute atomic E-state index is 0.233. The molecular formula is C96H96N16O4S4. The van der Waals surface area contributed by atoms with Gasteiger partial charge in [0.2, 0.25) is 23.6 Å². The monoisotopic (exact) mass is 1660 g/mol. The number of hydrogen-bond donors (Lipinski definition) is 0. The molecule has 0 N–H and O–H groups in total. The first-order valence-electron chi connectivity index (χ1n) is 42.0. The third-order valence-corrected chi connectivity index (χ3v) is 31.1. The van der Waals surface area contributed by atoms with Crippen molar-refractivity contribution in [2.24, 2.45) is 21.7 Å². The number of likely N-dealkylation sites (tertiary alicyclic amines) is 4. The molecule has 12 aromatic rings. The van der Waals surface area contributed by atoms with Gasteiger partial charge in [-0.05, 0) is 325 Å². The zero-order valence-corrected chi connectivity index (χ0v) is 71.4. The molecule has 8 aliphatic rings. The van der Waals surface area contributed by atoms with Crippen LogP contribution >= 0.6 is 45.3 Å². The number of nitriles is 4. The number of amides is 4. The zero-order valence-electron chi connectivity index (χ0n) is 68.2. The Morgan fingerprint density at radius 3 is 0.642 bits per heavy atom. The molecule has 0 unspecified atom stereocenters. The highest BCUT2D eigenvalue weighted by Gasteiger charge is 2.53. The molecule has 8 saturated heterocycles. The van der Waals surface area contributed by atoms with Gasteiger partial charge in [-0.1, -0.05) is 24.3 Å². The van der Waals surface area contributed by atoms with Crippen molar-refractivity contribution in [3.63, 3.8) is 0 Å². The number of hydrogen-bond acceptors (Lipinski definition) is 20. The van der Waals surface area contributed by atoms with Crippen LogP contribution in [-0.2, 0) is 19.2 Å². The minimum atomic E-state index is -0.233. The number of aromatic nitrogens is 4. The number of benzene rings is 8. The predicted molar refractivity (Wildman–Crippen MR) is 478 cm³/mol. The summed E-state index contributed by atoms with van der Waals surface area (Å²) in [6.07, 6.45) is 10.9. The van der Waals surface area contributed by atoms with E-state index in [1.54, 1.807) is 93.9 Å². The summed E-state index contributed by atoms with van der Waals surface area (Å²) in [6.45, 7) is 19.5. The van der Waals surface area contributed by atoms with Crippen molar-refractivity contribution >= 4 is 133 Å². The van der Waals surface area contributed by atoms with E-state index in [0.717, 1.165) is 200 Å². The highest BCUT2D eigenvalue weighted by molar-refractivity contribution is 7.17. The van der Waals surface area contributed by atoms with Crippen molar-refractivity contribution in [1.82, 2.24) is 39.5 Å². The number of carbonyl (C=O) groups excluding carboxylic acids is 4. The molecule has 608 valence electrons. The van der Waals surface area contributed by atoms with Crippen LogP contribution in [0.1, 0.15) is 173 Å². The minimum Gasteiger partial charge on any atom is -0.312 e. The van der Waals surface area contributed by atoms with Crippen molar-refractivity contribution in [2.75, 3.05) is 98.1 Å². The molecule has 4 amide bonds. The molecule has 24 heteroatoms. The molecule has 4 aromatic heterocycles. The van der Waals surface area contributed by atoms with E-state index in [9.17, 15) is 19.2 Å². The number of fused-ring (bicyclic) bond motifs is 4. The SMILES string of the molecule is C[C@@H](c1ccc2scnc2c1)N1CCC2(CCN(c3ccc(C#N)cc3)C2=O)CC1.C[C@@H](c1ccc2scnc2c1)N1CCC2(CCN(c3ccc(C#N)cc3)C2=O)CC1.C[C@H](c1ccc2scnc2c1)N1CCC2(CCN(c3ccc(C#N)cc3)C2=O)CC1.C[C@H](c1ccc2scnc2c1)N1CCC2(CCN(c3ccc(C#N)cc3)C2=O)CC1. The van der Waals surface area contributed by atoms with Crippen LogP contribution in [0.5, 0.6) is 0 Å². The van der Waals surface area contributed by atoms with E-state index in [-0.39, 0.29) is 45.3 Å². The quantitative estimate of drug-likeness (QED) is 0.110. The van der Waals surface area contributed by atoms with Gasteiger partial charge in [-0.2, -0.15) is 21.0 Å². The Balaban J connectivity index is 0.000000114. The number of rotatable bonds is 12. The van der Waals surface area contributed by atoms with Gasteiger partial charge in [0, 0.05) is 73.1 Å². The molecule has 8 aromatic carbocycles. The second-order valence-corrected chi connectivity index (χ2v) is 37.3. The van der Waals surface area contributed by atoms with Gasteiger partial charge < -0.3 is 19.6 Å². The lowest BCUT2D eigenvalue weighted by Gasteiger charge is -2.40. The molecule has 8 fully saturated rings. The van der Waals surface area contributed by atoms with Crippen LogP contribution in [0.4, 0.5) is 22.7 Å². The number of anilines is 4. The van der Waals surface area contributed by atoms with Crippen LogP contribution < -0.4 is 19.6 Å². The Kier molecular flexibility index (Phi) is 23.5. The van der Waals surface area contributed by atoms with Gasteiger partial charge in [-0.3, -0.25) is 38.8 Å². The summed E-state index contributed by atoms with van der Waals surface area (Å²) >= 11 is 6.70. The molecule has 0 radical (unpaired) electrons. The van der Waals surface area contributed by atoms with E-state index in [1.165, 1.54) is 41.1 Å². The van der Waals surface area contributed by atoms with Crippen molar-refractivity contribution in [1.29, 1.82) is 21.0 Å². The summed E-state index contributed by atoms with van der Waals surface area (Å²) in [5.74, 6) is 1.01. The molecular weight excluding hydrogens is 1570 g/mol. The molecule has 4 spiro atoms. The lowest BCUT2D eigenvalue weighted by Crippen LogP contribution is -2.45. The molecule has 120 heavy (non-hydrogen) atoms. The molecule has 4 atom stereocenters. The topological polar surface area (TPSA) is 241 Å². The van der Waals surface area contributed by atoms with Crippen molar-refractivity contribution in [3.8, 4) is 24.3 Å². The highest BCUT2D eigenvalue weighted by atomic mass is 32.1. The summed E-state index contributed by atoms with van der Waals surface area (Å²) < 4.78 is 4.90. The van der Waals surface area contributed by atoms with Crippen molar-refractivity contribution in [3.05, 3.63) is 236 Å². The maximum absolute atomic E-state index is 13.3. The fourth-order valence-electron chi connectivity index (χ4n) is 19.7. The molecule has 0 saturated carbocycles. The van der Waals surface area contributed by atoms with E-state index < -0.39 is 0 Å². The Bertz CT molecular complexity index is 5210. The van der Waals surface area contributed by atoms with Crippen LogP contribution in [0.15, 0.2) is 192 Å². The summed E-state index contributed by atoms with van der Waals surface area (Å²) in [5.41, 5.74) is 22.2. The third kappa shape index (κ3) is 16.1. The van der Waals surface area contributed by atoms with Gasteiger partial charge in [-0.15, -0.1) is 45.3 Å². The predicted octanol–water partition coefficient (Wildman–Crippen LogP) is 19.0.